The largest absolute Gasteiger partial charge is 0.465 e. The van der Waals surface area contributed by atoms with Gasteiger partial charge in [-0.2, -0.15) is 0 Å². The molecule has 6 heteroatoms. The maximum absolute atomic E-state index is 12.1. The predicted octanol–water partition coefficient (Wildman–Crippen LogP) is 2.07. The molecule has 1 aromatic carbocycles. The van der Waals surface area contributed by atoms with Crippen LogP contribution in [-0.4, -0.2) is 26.2 Å². The minimum Gasteiger partial charge on any atom is -0.465 e. The first-order valence-corrected chi connectivity index (χ1v) is 6.98. The second-order valence-electron chi connectivity index (χ2n) is 3.37. The number of rotatable bonds is 4. The van der Waals surface area contributed by atoms with Crippen LogP contribution >= 0.6 is 11.6 Å². The van der Waals surface area contributed by atoms with Crippen molar-refractivity contribution >= 4 is 27.4 Å². The van der Waals surface area contributed by atoms with Crippen LogP contribution < -0.4 is 0 Å². The van der Waals surface area contributed by atoms with Crippen molar-refractivity contribution in [2.24, 2.45) is 0 Å². The van der Waals surface area contributed by atoms with Gasteiger partial charge in [0.25, 0.3) is 0 Å². The Kier molecular flexibility index (Phi) is 4.54. The lowest BCUT2D eigenvalue weighted by molar-refractivity contribution is -0.142. The number of esters is 1. The van der Waals surface area contributed by atoms with Gasteiger partial charge in [-0.15, -0.1) is 0 Å². The monoisotopic (exact) mass is 276 g/mol. The topological polar surface area (TPSA) is 60.4 Å². The summed E-state index contributed by atoms with van der Waals surface area (Å²) in [6.07, 6.45) is 0. The fourth-order valence-electron chi connectivity index (χ4n) is 1.25. The average Bonchev–Trinajstić information content (AvgIpc) is 2.28. The molecular weight excluding hydrogens is 264 g/mol. The van der Waals surface area contributed by atoms with Gasteiger partial charge in [-0.3, -0.25) is 4.79 Å². The first-order chi connectivity index (χ1) is 7.91. The van der Waals surface area contributed by atoms with E-state index in [1.54, 1.807) is 19.1 Å². The summed E-state index contributed by atoms with van der Waals surface area (Å²) in [6, 6.07) is 6.01. The molecule has 0 bridgehead atoms. The molecule has 0 aliphatic heterocycles. The molecule has 1 unspecified atom stereocenters. The number of hydrogen-bond donors (Lipinski definition) is 0. The van der Waals surface area contributed by atoms with Crippen LogP contribution in [0.25, 0.3) is 0 Å². The molecule has 0 aliphatic carbocycles. The van der Waals surface area contributed by atoms with E-state index in [0.717, 1.165) is 0 Å². The van der Waals surface area contributed by atoms with Crippen molar-refractivity contribution in [3.05, 3.63) is 29.3 Å². The van der Waals surface area contributed by atoms with Gasteiger partial charge in [-0.25, -0.2) is 8.42 Å². The van der Waals surface area contributed by atoms with Crippen LogP contribution in [0.3, 0.4) is 0 Å². The van der Waals surface area contributed by atoms with Crippen LogP contribution in [-0.2, 0) is 19.4 Å². The molecule has 94 valence electrons. The minimum atomic E-state index is -3.80. The smallest absolute Gasteiger partial charge is 0.324 e. The number of ether oxygens (including phenoxy) is 1. The van der Waals surface area contributed by atoms with E-state index < -0.39 is 21.1 Å². The summed E-state index contributed by atoms with van der Waals surface area (Å²) in [6.45, 7) is 3.05. The summed E-state index contributed by atoms with van der Waals surface area (Å²) in [7, 11) is -3.80. The quantitative estimate of drug-likeness (QED) is 0.790. The zero-order chi connectivity index (χ0) is 13.1. The van der Waals surface area contributed by atoms with Gasteiger partial charge < -0.3 is 4.74 Å². The van der Waals surface area contributed by atoms with Gasteiger partial charge in [0.15, 0.2) is 15.1 Å². The zero-order valence-electron chi connectivity index (χ0n) is 9.51. The highest BCUT2D eigenvalue weighted by atomic mass is 35.5. The molecule has 0 aliphatic rings. The third kappa shape index (κ3) is 2.98. The molecule has 0 N–H and O–H groups in total. The fraction of sp³-hybridized carbons (Fsp3) is 0.364. The van der Waals surface area contributed by atoms with Crippen molar-refractivity contribution in [3.63, 3.8) is 0 Å². The molecule has 0 heterocycles. The van der Waals surface area contributed by atoms with Crippen molar-refractivity contribution in [1.29, 1.82) is 0 Å². The maximum atomic E-state index is 12.1. The van der Waals surface area contributed by atoms with Crippen molar-refractivity contribution in [2.45, 2.75) is 24.0 Å². The molecule has 0 saturated heterocycles. The molecule has 0 amide bonds. The number of carbonyl (C=O) groups excluding carboxylic acids is 1. The summed E-state index contributed by atoms with van der Waals surface area (Å²) in [5.74, 6) is -0.771. The van der Waals surface area contributed by atoms with E-state index in [-0.39, 0.29) is 16.5 Å². The van der Waals surface area contributed by atoms with Gasteiger partial charge in [0.1, 0.15) is 0 Å². The predicted molar refractivity (Wildman–Crippen MR) is 64.7 cm³/mol. The Morgan fingerprint density at radius 3 is 2.53 bits per heavy atom. The summed E-state index contributed by atoms with van der Waals surface area (Å²) in [5, 5.41) is -1.16. The highest BCUT2D eigenvalue weighted by Gasteiger charge is 2.32. The van der Waals surface area contributed by atoms with Crippen molar-refractivity contribution < 1.29 is 17.9 Å². The van der Waals surface area contributed by atoms with E-state index in [4.69, 9.17) is 16.3 Å². The minimum absolute atomic E-state index is 0.0535. The fourth-order valence-corrected chi connectivity index (χ4v) is 3.02. The third-order valence-corrected chi connectivity index (χ3v) is 4.76. The standard InChI is InChI=1S/C11H13ClO4S/c1-3-16-11(13)8(2)17(14,15)10-7-5-4-6-9(10)12/h4-8H,3H2,1-2H3. The lowest BCUT2D eigenvalue weighted by Crippen LogP contribution is -2.29. The summed E-state index contributed by atoms with van der Waals surface area (Å²) < 4.78 is 28.9. The second-order valence-corrected chi connectivity index (χ2v) is 6.01. The van der Waals surface area contributed by atoms with Gasteiger partial charge in [-0.05, 0) is 26.0 Å². The average molecular weight is 277 g/mol. The van der Waals surface area contributed by atoms with Crippen LogP contribution in [0, 0.1) is 0 Å². The zero-order valence-corrected chi connectivity index (χ0v) is 11.1. The van der Waals surface area contributed by atoms with Gasteiger partial charge in [0, 0.05) is 0 Å². The van der Waals surface area contributed by atoms with Crippen molar-refractivity contribution in [1.82, 2.24) is 0 Å². The Morgan fingerprint density at radius 1 is 1.41 bits per heavy atom. The van der Waals surface area contributed by atoms with E-state index in [0.29, 0.717) is 0 Å². The van der Waals surface area contributed by atoms with Crippen LogP contribution in [0.15, 0.2) is 29.2 Å². The van der Waals surface area contributed by atoms with Gasteiger partial charge in [-0.1, -0.05) is 23.7 Å². The molecule has 0 aromatic heterocycles. The molecule has 0 fully saturated rings. The Hall–Kier alpha value is -1.07. The van der Waals surface area contributed by atoms with E-state index in [1.807, 2.05) is 0 Å². The first kappa shape index (κ1) is 14.0. The molecule has 0 spiro atoms. The van der Waals surface area contributed by atoms with Crippen molar-refractivity contribution in [2.75, 3.05) is 6.61 Å². The van der Waals surface area contributed by atoms with E-state index in [2.05, 4.69) is 0 Å². The van der Waals surface area contributed by atoms with Crippen LogP contribution in [0.2, 0.25) is 5.02 Å². The number of hydrogen-bond acceptors (Lipinski definition) is 4. The third-order valence-electron chi connectivity index (χ3n) is 2.23. The van der Waals surface area contributed by atoms with E-state index >= 15 is 0 Å². The summed E-state index contributed by atoms with van der Waals surface area (Å²) in [4.78, 5) is 11.4. The Balaban J connectivity index is 3.12. The van der Waals surface area contributed by atoms with Gasteiger partial charge in [0.05, 0.1) is 16.5 Å². The first-order valence-electron chi connectivity index (χ1n) is 5.06. The summed E-state index contributed by atoms with van der Waals surface area (Å²) in [5.41, 5.74) is 0. The number of sulfone groups is 1. The SMILES string of the molecule is CCOC(=O)C(C)S(=O)(=O)c1ccccc1Cl. The summed E-state index contributed by atoms with van der Waals surface area (Å²) >= 11 is 5.80. The maximum Gasteiger partial charge on any atom is 0.324 e. The number of halogens is 1. The van der Waals surface area contributed by atoms with Crippen LogP contribution in [0.4, 0.5) is 0 Å². The molecule has 1 atom stereocenters. The second kappa shape index (κ2) is 5.51. The van der Waals surface area contributed by atoms with Crippen LogP contribution in [0.1, 0.15) is 13.8 Å². The molecule has 0 radical (unpaired) electrons. The highest BCUT2D eigenvalue weighted by molar-refractivity contribution is 7.92. The normalized spacial score (nSPS) is 13.1. The number of carbonyl (C=O) groups is 1. The highest BCUT2D eigenvalue weighted by Crippen LogP contribution is 2.24. The molecule has 1 rings (SSSR count). The van der Waals surface area contributed by atoms with E-state index in [9.17, 15) is 13.2 Å². The van der Waals surface area contributed by atoms with Gasteiger partial charge in [0.2, 0.25) is 0 Å². The molecule has 17 heavy (non-hydrogen) atoms. The van der Waals surface area contributed by atoms with E-state index in [1.165, 1.54) is 19.1 Å². The lowest BCUT2D eigenvalue weighted by atomic mass is 10.4. The Labute approximate surface area is 105 Å². The number of benzene rings is 1. The molecule has 4 nitrogen and oxygen atoms in total. The lowest BCUT2D eigenvalue weighted by Gasteiger charge is -2.12. The Morgan fingerprint density at radius 2 is 2.00 bits per heavy atom. The Bertz CT molecular complexity index is 510. The van der Waals surface area contributed by atoms with Crippen molar-refractivity contribution in [3.8, 4) is 0 Å². The van der Waals surface area contributed by atoms with Crippen LogP contribution in [0.5, 0.6) is 0 Å². The molecule has 1 aromatic rings. The van der Waals surface area contributed by atoms with Gasteiger partial charge >= 0.3 is 5.97 Å². The molecule has 0 saturated carbocycles. The molecular formula is C11H13ClO4S.